The van der Waals surface area contributed by atoms with E-state index in [2.05, 4.69) is 83.2 Å². The summed E-state index contributed by atoms with van der Waals surface area (Å²) in [4.78, 5) is 4.25. The van der Waals surface area contributed by atoms with Crippen molar-refractivity contribution in [3.05, 3.63) is 54.4 Å². The van der Waals surface area contributed by atoms with Crippen molar-refractivity contribution >= 4 is 27.6 Å². The van der Waals surface area contributed by atoms with Gasteiger partial charge in [-0.2, -0.15) is 0 Å². The van der Waals surface area contributed by atoms with Crippen molar-refractivity contribution in [3.63, 3.8) is 0 Å². The number of para-hydroxylation sites is 1. The Morgan fingerprint density at radius 3 is 1.94 bits per heavy atom. The molecular formula is C29H46N2O. The van der Waals surface area contributed by atoms with E-state index in [0.717, 1.165) is 24.0 Å². The normalized spacial score (nSPS) is 11.2. The van der Waals surface area contributed by atoms with Gasteiger partial charge in [-0.25, -0.2) is 0 Å². The van der Waals surface area contributed by atoms with E-state index in [1.807, 2.05) is 45.0 Å². The molecule has 178 valence electrons. The van der Waals surface area contributed by atoms with Crippen LogP contribution in [0.25, 0.3) is 21.9 Å². The van der Waals surface area contributed by atoms with Gasteiger partial charge in [-0.3, -0.25) is 0 Å². The second-order valence-corrected chi connectivity index (χ2v) is 8.58. The molecule has 32 heavy (non-hydrogen) atoms. The molecule has 0 atom stereocenters. The van der Waals surface area contributed by atoms with Gasteiger partial charge < -0.3 is 14.2 Å². The minimum Gasteiger partial charge on any atom is -0.454 e. The fourth-order valence-corrected chi connectivity index (χ4v) is 3.55. The summed E-state index contributed by atoms with van der Waals surface area (Å²) in [5.74, 6) is 0. The SMILES string of the molecule is CC.CCC(C)(CC)c1ccc2c(oc3ccccc32)c1N(C)/C=C\N(C)C.CCCC. The molecule has 1 heterocycles. The summed E-state index contributed by atoms with van der Waals surface area (Å²) in [7, 11) is 6.18. The summed E-state index contributed by atoms with van der Waals surface area (Å²) in [6, 6.07) is 12.8. The first-order chi connectivity index (χ1) is 15.3. The summed E-state index contributed by atoms with van der Waals surface area (Å²) in [5.41, 5.74) is 4.55. The molecule has 0 spiro atoms. The van der Waals surface area contributed by atoms with E-state index in [4.69, 9.17) is 4.42 Å². The number of benzene rings is 2. The quantitative estimate of drug-likeness (QED) is 0.367. The lowest BCUT2D eigenvalue weighted by Crippen LogP contribution is -2.24. The van der Waals surface area contributed by atoms with E-state index < -0.39 is 0 Å². The zero-order valence-electron chi connectivity index (χ0n) is 22.2. The van der Waals surface area contributed by atoms with Gasteiger partial charge >= 0.3 is 0 Å². The van der Waals surface area contributed by atoms with E-state index in [1.165, 1.54) is 34.9 Å². The Hall–Kier alpha value is -2.42. The molecule has 3 nitrogen and oxygen atoms in total. The van der Waals surface area contributed by atoms with Crippen LogP contribution < -0.4 is 4.90 Å². The Morgan fingerprint density at radius 2 is 1.41 bits per heavy atom. The van der Waals surface area contributed by atoms with Crippen LogP contribution in [0.4, 0.5) is 5.69 Å². The van der Waals surface area contributed by atoms with Crippen molar-refractivity contribution in [2.24, 2.45) is 0 Å². The van der Waals surface area contributed by atoms with Gasteiger partial charge in [0.05, 0.1) is 5.69 Å². The van der Waals surface area contributed by atoms with Crippen LogP contribution in [0.15, 0.2) is 53.2 Å². The highest BCUT2D eigenvalue weighted by molar-refractivity contribution is 6.09. The van der Waals surface area contributed by atoms with Crippen LogP contribution in [0, 0.1) is 0 Å². The van der Waals surface area contributed by atoms with Crippen molar-refractivity contribution in [2.75, 3.05) is 26.0 Å². The van der Waals surface area contributed by atoms with E-state index in [0.29, 0.717) is 0 Å². The Balaban J connectivity index is 0.000000769. The van der Waals surface area contributed by atoms with E-state index in [-0.39, 0.29) is 5.41 Å². The van der Waals surface area contributed by atoms with Gasteiger partial charge in [-0.1, -0.05) is 91.6 Å². The number of unbranched alkanes of at least 4 members (excludes halogenated alkanes) is 1. The third kappa shape index (κ3) is 6.31. The number of anilines is 1. The van der Waals surface area contributed by atoms with Gasteiger partial charge in [-0.15, -0.1) is 0 Å². The molecule has 2 aromatic carbocycles. The molecule has 0 aliphatic carbocycles. The molecule has 0 amide bonds. The Kier molecular flexibility index (Phi) is 11.4. The summed E-state index contributed by atoms with van der Waals surface area (Å²) >= 11 is 0. The number of hydrogen-bond donors (Lipinski definition) is 0. The number of furan rings is 1. The second-order valence-electron chi connectivity index (χ2n) is 8.58. The topological polar surface area (TPSA) is 19.6 Å². The molecule has 0 aliphatic rings. The molecule has 0 fully saturated rings. The monoisotopic (exact) mass is 438 g/mol. The molecule has 1 aromatic heterocycles. The minimum atomic E-state index is 0.114. The zero-order chi connectivity index (χ0) is 24.3. The first kappa shape index (κ1) is 27.6. The predicted molar refractivity (Wildman–Crippen MR) is 145 cm³/mol. The molecule has 0 unspecified atom stereocenters. The first-order valence-electron chi connectivity index (χ1n) is 12.3. The number of fused-ring (bicyclic) bond motifs is 3. The van der Waals surface area contributed by atoms with Gasteiger partial charge in [0.15, 0.2) is 5.58 Å². The third-order valence-electron chi connectivity index (χ3n) is 6.17. The van der Waals surface area contributed by atoms with Crippen LogP contribution in [-0.4, -0.2) is 26.0 Å². The van der Waals surface area contributed by atoms with Gasteiger partial charge in [-0.05, 0) is 29.9 Å². The molecule has 3 heteroatoms. The van der Waals surface area contributed by atoms with Crippen LogP contribution in [-0.2, 0) is 5.41 Å². The third-order valence-corrected chi connectivity index (χ3v) is 6.17. The summed E-state index contributed by atoms with van der Waals surface area (Å²) in [6.45, 7) is 15.3. The van der Waals surface area contributed by atoms with Crippen molar-refractivity contribution in [2.45, 2.75) is 79.6 Å². The van der Waals surface area contributed by atoms with E-state index in [1.54, 1.807) is 0 Å². The lowest BCUT2D eigenvalue weighted by molar-refractivity contribution is 0.439. The molecule has 0 radical (unpaired) electrons. The average Bonchev–Trinajstić information content (AvgIpc) is 3.21. The maximum Gasteiger partial charge on any atom is 0.159 e. The fourth-order valence-electron chi connectivity index (χ4n) is 3.55. The minimum absolute atomic E-state index is 0.114. The Morgan fingerprint density at radius 1 is 0.812 bits per heavy atom. The van der Waals surface area contributed by atoms with Crippen molar-refractivity contribution < 1.29 is 4.42 Å². The molecule has 3 aromatic rings. The lowest BCUT2D eigenvalue weighted by Gasteiger charge is -2.32. The molecular weight excluding hydrogens is 392 g/mol. The Labute approximate surface area is 197 Å². The van der Waals surface area contributed by atoms with Gasteiger partial charge in [0.25, 0.3) is 0 Å². The highest BCUT2D eigenvalue weighted by Crippen LogP contribution is 2.44. The molecule has 0 aliphatic heterocycles. The lowest BCUT2D eigenvalue weighted by atomic mass is 9.76. The maximum atomic E-state index is 6.35. The second kappa shape index (κ2) is 13.2. The summed E-state index contributed by atoms with van der Waals surface area (Å²) in [6.07, 6.45) is 9.00. The number of rotatable bonds is 7. The van der Waals surface area contributed by atoms with Crippen LogP contribution >= 0.6 is 0 Å². The molecule has 0 saturated heterocycles. The van der Waals surface area contributed by atoms with Crippen LogP contribution in [0.1, 0.15) is 79.7 Å². The van der Waals surface area contributed by atoms with Gasteiger partial charge in [0.2, 0.25) is 0 Å². The summed E-state index contributed by atoms with van der Waals surface area (Å²) in [5, 5.41) is 2.36. The predicted octanol–water partition coefficient (Wildman–Crippen LogP) is 8.97. The average molecular weight is 439 g/mol. The maximum absolute atomic E-state index is 6.35. The van der Waals surface area contributed by atoms with Crippen LogP contribution in [0.2, 0.25) is 0 Å². The first-order valence-corrected chi connectivity index (χ1v) is 12.3. The van der Waals surface area contributed by atoms with Crippen molar-refractivity contribution in [1.82, 2.24) is 4.90 Å². The smallest absolute Gasteiger partial charge is 0.159 e. The van der Waals surface area contributed by atoms with Crippen molar-refractivity contribution in [3.8, 4) is 0 Å². The summed E-state index contributed by atoms with van der Waals surface area (Å²) < 4.78 is 6.35. The van der Waals surface area contributed by atoms with Gasteiger partial charge in [0.1, 0.15) is 5.58 Å². The highest BCUT2D eigenvalue weighted by Gasteiger charge is 2.29. The standard InChI is InChI=1S/C23H30N2O.C4H10.C2H6/c1-7-23(3,8-2)19-14-13-18-17-11-9-10-12-20(17)26-22(18)21(19)25(6)16-15-24(4)5;1-3-4-2;1-2/h9-16H,7-8H2,1-6H3;3-4H2,1-2H3;1-2H3/b16-15-;;. The van der Waals surface area contributed by atoms with Gasteiger partial charge in [0, 0.05) is 44.3 Å². The largest absolute Gasteiger partial charge is 0.454 e. The molecule has 0 saturated carbocycles. The Bertz CT molecular complexity index is 962. The number of nitrogens with zero attached hydrogens (tertiary/aromatic N) is 2. The van der Waals surface area contributed by atoms with Crippen LogP contribution in [0.5, 0.6) is 0 Å². The molecule has 0 N–H and O–H groups in total. The number of hydrogen-bond acceptors (Lipinski definition) is 3. The van der Waals surface area contributed by atoms with E-state index in [9.17, 15) is 0 Å². The van der Waals surface area contributed by atoms with Crippen LogP contribution in [0.3, 0.4) is 0 Å². The fraction of sp³-hybridized carbons (Fsp3) is 0.517. The zero-order valence-corrected chi connectivity index (χ0v) is 22.2. The van der Waals surface area contributed by atoms with Crippen molar-refractivity contribution in [1.29, 1.82) is 0 Å². The van der Waals surface area contributed by atoms with E-state index >= 15 is 0 Å². The highest BCUT2D eigenvalue weighted by atomic mass is 16.3. The molecule has 3 rings (SSSR count). The molecule has 0 bridgehead atoms.